The van der Waals surface area contributed by atoms with Crippen molar-refractivity contribution in [1.82, 2.24) is 15.0 Å². The van der Waals surface area contributed by atoms with Crippen LogP contribution >= 0.6 is 0 Å². The van der Waals surface area contributed by atoms with Crippen LogP contribution in [0.5, 0.6) is 0 Å². The third-order valence-electron chi connectivity index (χ3n) is 5.40. The Morgan fingerprint density at radius 3 is 2.54 bits per heavy atom. The number of hydrogen-bond donors (Lipinski definition) is 0. The van der Waals surface area contributed by atoms with Gasteiger partial charge in [0.15, 0.2) is 5.82 Å². The number of hydrogen-bond acceptors (Lipinski definition) is 7. The maximum absolute atomic E-state index is 13.4. The van der Waals surface area contributed by atoms with Crippen molar-refractivity contribution in [3.8, 4) is 6.07 Å². The number of aromatic nitrogens is 2. The van der Waals surface area contributed by atoms with E-state index in [1.54, 1.807) is 20.8 Å². The molecule has 1 aromatic heterocycles. The van der Waals surface area contributed by atoms with E-state index in [0.29, 0.717) is 30.4 Å². The Kier molecular flexibility index (Phi) is 7.94. The highest BCUT2D eigenvalue weighted by Crippen LogP contribution is 2.35. The number of anilines is 1. The van der Waals surface area contributed by atoms with Crippen molar-refractivity contribution >= 4 is 11.8 Å². The number of benzene rings is 1. The fraction of sp³-hybridized carbons (Fsp3) is 0.565. The van der Waals surface area contributed by atoms with Gasteiger partial charge < -0.3 is 19.1 Å². The number of carbonyl (C=O) groups excluding carboxylic acids is 1. The average Bonchev–Trinajstić information content (AvgIpc) is 3.24. The lowest BCUT2D eigenvalue weighted by Crippen LogP contribution is -2.42. The summed E-state index contributed by atoms with van der Waals surface area (Å²) in [5.74, 6) is -0.456. The van der Waals surface area contributed by atoms with Crippen LogP contribution in [0.3, 0.4) is 0 Å². The van der Waals surface area contributed by atoms with Crippen LogP contribution in [0.2, 0.25) is 0 Å². The Morgan fingerprint density at radius 2 is 1.95 bits per heavy atom. The molecule has 14 heteroatoms. The van der Waals surface area contributed by atoms with E-state index >= 15 is 0 Å². The topological polar surface area (TPSA) is 95.5 Å². The van der Waals surface area contributed by atoms with Crippen molar-refractivity contribution in [2.24, 2.45) is 0 Å². The largest absolute Gasteiger partial charge is 0.444 e. The summed E-state index contributed by atoms with van der Waals surface area (Å²) in [6, 6.07) is 3.70. The fourth-order valence-electron chi connectivity index (χ4n) is 3.86. The highest BCUT2D eigenvalue weighted by molar-refractivity contribution is 5.68. The van der Waals surface area contributed by atoms with Gasteiger partial charge in [-0.15, -0.1) is 0 Å². The summed E-state index contributed by atoms with van der Waals surface area (Å²) >= 11 is 0. The normalized spacial score (nSPS) is 16.9. The Hall–Kier alpha value is -3.50. The van der Waals surface area contributed by atoms with E-state index in [4.69, 9.17) is 14.5 Å². The third kappa shape index (κ3) is 7.74. The second-order valence-corrected chi connectivity index (χ2v) is 9.63. The van der Waals surface area contributed by atoms with Gasteiger partial charge in [-0.2, -0.15) is 36.6 Å². The first-order valence-electron chi connectivity index (χ1n) is 11.3. The van der Waals surface area contributed by atoms with Crippen LogP contribution in [0.1, 0.15) is 62.4 Å². The number of nitriles is 1. The van der Waals surface area contributed by atoms with E-state index in [0.717, 1.165) is 12.1 Å². The standard InChI is InChI=1S/C23H25F6N5O3/c1-21(2,3)36-20(35)33-8-4-5-15(11-33)19-31-18(32-37-19)12-34(13-22(24,25)26)16-7-6-14(10-30)17(9-16)23(27,28)29/h6-7,9,15H,4-5,8,11-13H2,1-3H3. The molecule has 0 saturated carbocycles. The van der Waals surface area contributed by atoms with Gasteiger partial charge in [0.25, 0.3) is 0 Å². The van der Waals surface area contributed by atoms with Crippen molar-refractivity contribution in [2.45, 2.75) is 64.0 Å². The van der Waals surface area contributed by atoms with Crippen LogP contribution in [-0.2, 0) is 17.5 Å². The molecule has 1 amide bonds. The molecule has 1 unspecified atom stereocenters. The molecule has 37 heavy (non-hydrogen) atoms. The van der Waals surface area contributed by atoms with E-state index in [9.17, 15) is 31.1 Å². The van der Waals surface area contributed by atoms with Gasteiger partial charge in [0.05, 0.1) is 29.7 Å². The van der Waals surface area contributed by atoms with Crippen LogP contribution in [-0.4, -0.2) is 52.5 Å². The molecule has 0 bridgehead atoms. The first kappa shape index (κ1) is 28.1. The van der Waals surface area contributed by atoms with Gasteiger partial charge in [-0.3, -0.25) is 0 Å². The molecule has 1 aliphatic rings. The zero-order chi connectivity index (χ0) is 27.6. The van der Waals surface area contributed by atoms with E-state index in [-0.39, 0.29) is 24.2 Å². The van der Waals surface area contributed by atoms with Gasteiger partial charge in [0.1, 0.15) is 12.1 Å². The maximum atomic E-state index is 13.4. The minimum Gasteiger partial charge on any atom is -0.444 e. The summed E-state index contributed by atoms with van der Waals surface area (Å²) in [6.45, 7) is 3.66. The van der Waals surface area contributed by atoms with E-state index in [1.807, 2.05) is 0 Å². The van der Waals surface area contributed by atoms with E-state index < -0.39 is 54.0 Å². The molecule has 0 radical (unpaired) electrons. The third-order valence-corrected chi connectivity index (χ3v) is 5.40. The Balaban J connectivity index is 1.81. The lowest BCUT2D eigenvalue weighted by atomic mass is 9.98. The van der Waals surface area contributed by atoms with Crippen LogP contribution in [0, 0.1) is 11.3 Å². The first-order valence-corrected chi connectivity index (χ1v) is 11.3. The van der Waals surface area contributed by atoms with Gasteiger partial charge in [-0.1, -0.05) is 5.16 Å². The molecule has 1 aliphatic heterocycles. The smallest absolute Gasteiger partial charge is 0.417 e. The summed E-state index contributed by atoms with van der Waals surface area (Å²) in [7, 11) is 0. The number of nitrogens with zero attached hydrogens (tertiary/aromatic N) is 5. The number of rotatable bonds is 5. The predicted molar refractivity (Wildman–Crippen MR) is 117 cm³/mol. The van der Waals surface area contributed by atoms with Crippen LogP contribution in [0.4, 0.5) is 36.8 Å². The number of ether oxygens (including phenoxy) is 1. The van der Waals surface area contributed by atoms with Crippen molar-refractivity contribution in [3.05, 3.63) is 41.0 Å². The maximum Gasteiger partial charge on any atom is 0.417 e. The SMILES string of the molecule is CC(C)(C)OC(=O)N1CCCC(c2nc(CN(CC(F)(F)F)c3ccc(C#N)c(C(F)(F)F)c3)no2)C1. The second-order valence-electron chi connectivity index (χ2n) is 9.63. The molecular formula is C23H25F6N5O3. The number of halogens is 6. The first-order chi connectivity index (χ1) is 17.1. The molecule has 1 fully saturated rings. The highest BCUT2D eigenvalue weighted by atomic mass is 19.4. The molecule has 0 spiro atoms. The molecule has 0 aliphatic carbocycles. The fourth-order valence-corrected chi connectivity index (χ4v) is 3.86. The number of alkyl halides is 6. The van der Waals surface area contributed by atoms with Gasteiger partial charge in [-0.25, -0.2) is 4.79 Å². The lowest BCUT2D eigenvalue weighted by molar-refractivity contribution is -0.137. The lowest BCUT2D eigenvalue weighted by Gasteiger charge is -2.32. The van der Waals surface area contributed by atoms with Gasteiger partial charge in [0, 0.05) is 18.8 Å². The van der Waals surface area contributed by atoms with Gasteiger partial charge in [-0.05, 0) is 51.8 Å². The Bertz CT molecular complexity index is 1150. The summed E-state index contributed by atoms with van der Waals surface area (Å²) in [5, 5.41) is 12.7. The van der Waals surface area contributed by atoms with Crippen molar-refractivity contribution in [1.29, 1.82) is 5.26 Å². The number of carbonyl (C=O) groups is 1. The number of likely N-dealkylation sites (tertiary alicyclic amines) is 1. The molecule has 1 atom stereocenters. The minimum atomic E-state index is -4.94. The molecule has 2 aromatic rings. The number of amides is 1. The molecule has 0 N–H and O–H groups in total. The van der Waals surface area contributed by atoms with Crippen LogP contribution in [0.15, 0.2) is 22.7 Å². The van der Waals surface area contributed by atoms with Gasteiger partial charge >= 0.3 is 18.4 Å². The van der Waals surface area contributed by atoms with Crippen molar-refractivity contribution < 1.29 is 40.4 Å². The van der Waals surface area contributed by atoms with Crippen molar-refractivity contribution in [2.75, 3.05) is 24.5 Å². The minimum absolute atomic E-state index is 0.103. The summed E-state index contributed by atoms with van der Waals surface area (Å²) in [6.07, 6.45) is -9.03. The molecule has 202 valence electrons. The molecule has 8 nitrogen and oxygen atoms in total. The zero-order valence-corrected chi connectivity index (χ0v) is 20.3. The predicted octanol–water partition coefficient (Wildman–Crippen LogP) is 5.64. The van der Waals surface area contributed by atoms with E-state index in [1.165, 1.54) is 11.0 Å². The monoisotopic (exact) mass is 533 g/mol. The Morgan fingerprint density at radius 1 is 1.24 bits per heavy atom. The van der Waals surface area contributed by atoms with E-state index in [2.05, 4.69) is 10.1 Å². The molecule has 3 rings (SSSR count). The molecule has 1 aromatic carbocycles. The molecule has 1 saturated heterocycles. The summed E-state index contributed by atoms with van der Waals surface area (Å²) in [4.78, 5) is 18.7. The van der Waals surface area contributed by atoms with Crippen LogP contribution in [0.25, 0.3) is 0 Å². The average molecular weight is 533 g/mol. The molecular weight excluding hydrogens is 508 g/mol. The summed E-state index contributed by atoms with van der Waals surface area (Å²) < 4.78 is 90.5. The van der Waals surface area contributed by atoms with Crippen LogP contribution < -0.4 is 4.90 Å². The number of piperidine rings is 1. The zero-order valence-electron chi connectivity index (χ0n) is 20.3. The summed E-state index contributed by atoms with van der Waals surface area (Å²) in [5.41, 5.74) is -3.17. The highest BCUT2D eigenvalue weighted by Gasteiger charge is 2.37. The quantitative estimate of drug-likeness (QED) is 0.459. The van der Waals surface area contributed by atoms with Gasteiger partial charge in [0.2, 0.25) is 5.89 Å². The Labute approximate surface area is 208 Å². The molecule has 2 heterocycles. The second kappa shape index (κ2) is 10.5. The van der Waals surface area contributed by atoms with Crippen molar-refractivity contribution in [3.63, 3.8) is 0 Å².